The third kappa shape index (κ3) is 4.21. The van der Waals surface area contributed by atoms with Crippen LogP contribution in [0.25, 0.3) is 54.6 Å². The molecule has 0 saturated carbocycles. The monoisotopic (exact) mass is 548 g/mol. The van der Waals surface area contributed by atoms with Gasteiger partial charge in [0.2, 0.25) is 11.8 Å². The van der Waals surface area contributed by atoms with E-state index in [0.29, 0.717) is 13.2 Å². The van der Waals surface area contributed by atoms with Gasteiger partial charge in [0, 0.05) is 11.1 Å². The van der Waals surface area contributed by atoms with Gasteiger partial charge >= 0.3 is 0 Å². The van der Waals surface area contributed by atoms with Gasteiger partial charge in [-0.05, 0) is 131 Å². The van der Waals surface area contributed by atoms with Crippen molar-refractivity contribution in [3.8, 4) is 22.3 Å². The Morgan fingerprint density at radius 3 is 1.02 bits per heavy atom. The maximum Gasteiger partial charge on any atom is 0.216 e. The molecule has 206 valence electrons. The maximum atomic E-state index is 5.84. The first-order valence-corrected chi connectivity index (χ1v) is 14.6. The highest BCUT2D eigenvalue weighted by molar-refractivity contribution is 6.24. The zero-order valence-electron chi connectivity index (χ0n) is 24.4. The van der Waals surface area contributed by atoms with Crippen LogP contribution in [0.2, 0.25) is 0 Å². The van der Waals surface area contributed by atoms with E-state index in [1.54, 1.807) is 0 Å². The summed E-state index contributed by atoms with van der Waals surface area (Å²) in [7, 11) is 0. The Bertz CT molecular complexity index is 1850. The number of ether oxygens (including phenoxy) is 2. The quantitative estimate of drug-likeness (QED) is 0.206. The van der Waals surface area contributed by atoms with Crippen LogP contribution in [-0.2, 0) is 9.47 Å². The normalized spacial score (nSPS) is 17.4. The number of hydrogen-bond acceptors (Lipinski definition) is 4. The van der Waals surface area contributed by atoms with Gasteiger partial charge in [0.15, 0.2) is 0 Å². The van der Waals surface area contributed by atoms with Crippen molar-refractivity contribution in [2.45, 2.75) is 38.8 Å². The Morgan fingerprint density at radius 2 is 0.738 bits per heavy atom. The Kier molecular flexibility index (Phi) is 5.31. The van der Waals surface area contributed by atoms with E-state index < -0.39 is 0 Å². The topological polar surface area (TPSA) is 43.2 Å². The molecule has 2 heterocycles. The van der Waals surface area contributed by atoms with Gasteiger partial charge < -0.3 is 9.47 Å². The average Bonchev–Trinajstić information content (AvgIpc) is 3.56. The molecule has 4 heteroatoms. The minimum Gasteiger partial charge on any atom is -0.475 e. The van der Waals surface area contributed by atoms with Crippen molar-refractivity contribution < 1.29 is 9.47 Å². The summed E-state index contributed by atoms with van der Waals surface area (Å²) in [6.45, 7) is 9.63. The van der Waals surface area contributed by atoms with Crippen molar-refractivity contribution in [2.75, 3.05) is 13.2 Å². The molecule has 6 aromatic rings. The molecule has 0 spiro atoms. The molecule has 0 amide bonds. The molecule has 0 fully saturated rings. The van der Waals surface area contributed by atoms with Crippen LogP contribution in [0.5, 0.6) is 0 Å². The first-order chi connectivity index (χ1) is 20.2. The van der Waals surface area contributed by atoms with E-state index in [0.717, 1.165) is 22.9 Å². The lowest BCUT2D eigenvalue weighted by Gasteiger charge is -2.15. The third-order valence-electron chi connectivity index (χ3n) is 8.40. The number of nitrogens with zero attached hydrogens (tertiary/aromatic N) is 2. The molecule has 0 N–H and O–H groups in total. The summed E-state index contributed by atoms with van der Waals surface area (Å²) in [5, 5.41) is 7.67. The van der Waals surface area contributed by atoms with Crippen molar-refractivity contribution >= 4 is 44.1 Å². The Morgan fingerprint density at radius 1 is 0.429 bits per heavy atom. The first kappa shape index (κ1) is 25.0. The second kappa shape index (κ2) is 8.90. The summed E-state index contributed by atoms with van der Waals surface area (Å²) < 4.78 is 11.7. The molecule has 0 aliphatic carbocycles. The second-order valence-corrected chi connectivity index (χ2v) is 12.9. The van der Waals surface area contributed by atoms with E-state index in [4.69, 9.17) is 19.5 Å². The minimum atomic E-state index is -0.161. The number of benzene rings is 6. The van der Waals surface area contributed by atoms with Crippen LogP contribution in [0.4, 0.5) is 0 Å². The molecule has 0 aromatic heterocycles. The third-order valence-corrected chi connectivity index (χ3v) is 8.40. The highest BCUT2D eigenvalue weighted by atomic mass is 16.5. The summed E-state index contributed by atoms with van der Waals surface area (Å²) in [5.41, 5.74) is 6.52. The molecule has 0 bridgehead atoms. The van der Waals surface area contributed by atoms with E-state index in [9.17, 15) is 0 Å². The lowest BCUT2D eigenvalue weighted by molar-refractivity contribution is 0.279. The predicted octanol–water partition coefficient (Wildman–Crippen LogP) is 9.03. The lowest BCUT2D eigenvalue weighted by Crippen LogP contribution is -2.17. The van der Waals surface area contributed by atoms with Crippen LogP contribution in [0.1, 0.15) is 38.8 Å². The minimum absolute atomic E-state index is 0.161. The Balaban J connectivity index is 1.15. The molecule has 2 aliphatic rings. The van der Waals surface area contributed by atoms with E-state index in [-0.39, 0.29) is 11.1 Å². The number of hydrogen-bond donors (Lipinski definition) is 0. The van der Waals surface area contributed by atoms with Crippen molar-refractivity contribution in [1.82, 2.24) is 0 Å². The van der Waals surface area contributed by atoms with Crippen molar-refractivity contribution in [1.29, 1.82) is 0 Å². The summed E-state index contributed by atoms with van der Waals surface area (Å²) in [6, 6.07) is 35.4. The van der Waals surface area contributed by atoms with Gasteiger partial charge in [0.25, 0.3) is 0 Å². The molecular weight excluding hydrogens is 516 g/mol. The fourth-order valence-corrected chi connectivity index (χ4v) is 6.25. The zero-order valence-corrected chi connectivity index (χ0v) is 24.4. The molecule has 0 unspecified atom stereocenters. The molecule has 0 radical (unpaired) electrons. The van der Waals surface area contributed by atoms with Gasteiger partial charge in [-0.3, -0.25) is 0 Å². The molecule has 2 aliphatic heterocycles. The summed E-state index contributed by atoms with van der Waals surface area (Å²) in [6.07, 6.45) is 0. The van der Waals surface area contributed by atoms with Crippen LogP contribution in [0.15, 0.2) is 107 Å². The highest BCUT2D eigenvalue weighted by Gasteiger charge is 2.28. The van der Waals surface area contributed by atoms with E-state index >= 15 is 0 Å². The van der Waals surface area contributed by atoms with E-state index in [1.807, 2.05) is 0 Å². The van der Waals surface area contributed by atoms with Gasteiger partial charge in [-0.1, -0.05) is 48.5 Å². The lowest BCUT2D eigenvalue weighted by atomic mass is 9.89. The fraction of sp³-hybridized carbons (Fsp3) is 0.211. The van der Waals surface area contributed by atoms with Crippen LogP contribution in [0.3, 0.4) is 0 Å². The Labute approximate surface area is 245 Å². The molecule has 0 atom stereocenters. The van der Waals surface area contributed by atoms with Gasteiger partial charge in [0.05, 0.1) is 11.1 Å². The molecule has 42 heavy (non-hydrogen) atoms. The molecule has 0 saturated heterocycles. The summed E-state index contributed by atoms with van der Waals surface area (Å²) in [5.74, 6) is 1.47. The number of aliphatic imine (C=N–C) groups is 2. The average molecular weight is 549 g/mol. The smallest absolute Gasteiger partial charge is 0.216 e. The fourth-order valence-electron chi connectivity index (χ4n) is 6.25. The molecule has 4 nitrogen and oxygen atoms in total. The number of rotatable bonds is 4. The van der Waals surface area contributed by atoms with Crippen molar-refractivity contribution in [3.63, 3.8) is 0 Å². The summed E-state index contributed by atoms with van der Waals surface area (Å²) >= 11 is 0. The molecule has 8 rings (SSSR count). The van der Waals surface area contributed by atoms with Crippen molar-refractivity contribution in [2.24, 2.45) is 9.98 Å². The van der Waals surface area contributed by atoms with Crippen molar-refractivity contribution in [3.05, 3.63) is 108 Å². The van der Waals surface area contributed by atoms with Crippen LogP contribution in [0, 0.1) is 0 Å². The van der Waals surface area contributed by atoms with E-state index in [1.165, 1.54) is 54.6 Å². The SMILES string of the molecule is CC1(C)COC(c2ccc(-c3cc4ccc5cc(-c6ccc(C7=NC(C)(C)CO7)cc6)cc6ccc(c3)c4c56)cc2)=N1. The largest absolute Gasteiger partial charge is 0.475 e. The second-order valence-electron chi connectivity index (χ2n) is 12.9. The first-order valence-electron chi connectivity index (χ1n) is 14.6. The summed E-state index contributed by atoms with van der Waals surface area (Å²) in [4.78, 5) is 9.44. The molecular formula is C38H32N2O2. The van der Waals surface area contributed by atoms with Gasteiger partial charge in [-0.25, -0.2) is 9.98 Å². The van der Waals surface area contributed by atoms with Crippen LogP contribution in [-0.4, -0.2) is 36.1 Å². The van der Waals surface area contributed by atoms with Crippen LogP contribution < -0.4 is 0 Å². The van der Waals surface area contributed by atoms with Gasteiger partial charge in [-0.15, -0.1) is 0 Å². The van der Waals surface area contributed by atoms with Gasteiger partial charge in [0.1, 0.15) is 13.2 Å². The zero-order chi connectivity index (χ0) is 28.6. The molecule has 6 aromatic carbocycles. The highest BCUT2D eigenvalue weighted by Crippen LogP contribution is 2.39. The standard InChI is InChI=1S/C38H32N2O2/c1-37(2)21-41-35(39-37)25-9-5-23(6-10-25)31-17-27-13-15-29-19-32(20-30-16-14-28(18-31)33(27)34(29)30)24-7-11-26(12-8-24)36-40-38(3,4)22-42-36/h5-20H,21-22H2,1-4H3. The van der Waals surface area contributed by atoms with Crippen LogP contribution >= 0.6 is 0 Å². The Hall–Kier alpha value is -4.70. The maximum absolute atomic E-state index is 5.84. The van der Waals surface area contributed by atoms with Gasteiger partial charge in [-0.2, -0.15) is 0 Å². The van der Waals surface area contributed by atoms with E-state index in [2.05, 4.69) is 125 Å². The predicted molar refractivity (Wildman–Crippen MR) is 174 cm³/mol.